The smallest absolute Gasteiger partial charge is 0.294 e. The van der Waals surface area contributed by atoms with Gasteiger partial charge in [0.1, 0.15) is 0 Å². The largest absolute Gasteiger partial charge is 0.449 e. The van der Waals surface area contributed by atoms with Gasteiger partial charge < -0.3 is 15.4 Å². The van der Waals surface area contributed by atoms with Crippen LogP contribution in [0.3, 0.4) is 0 Å². The number of anilines is 2. The summed E-state index contributed by atoms with van der Waals surface area (Å²) in [5.74, 6) is 0.855. The molecule has 0 aromatic heterocycles. The number of nitrogens with zero attached hydrogens (tertiary/aromatic N) is 1. The first kappa shape index (κ1) is 18.1. The Kier molecular flexibility index (Phi) is 4.77. The van der Waals surface area contributed by atoms with Crippen molar-refractivity contribution < 1.29 is 9.53 Å². The Morgan fingerprint density at radius 1 is 1.12 bits per heavy atom. The standard InChI is InChI=1S/C22H26N2O2/c1-5-12-24-18-14-17(23)10-11-19(18)26-20(21(24)25)13-15-6-8-16(9-7-15)22(2,3)4/h6-11,13-14H,5,12,23H2,1-4H3/b20-13+. The maximum absolute atomic E-state index is 12.9. The van der Waals surface area contributed by atoms with E-state index in [2.05, 4.69) is 32.9 Å². The van der Waals surface area contributed by atoms with Gasteiger partial charge in [-0.3, -0.25) is 4.79 Å². The molecule has 2 aromatic carbocycles. The minimum absolute atomic E-state index is 0.0969. The van der Waals surface area contributed by atoms with Gasteiger partial charge in [-0.15, -0.1) is 0 Å². The average Bonchev–Trinajstić information content (AvgIpc) is 2.59. The third kappa shape index (κ3) is 3.59. The Balaban J connectivity index is 1.96. The Morgan fingerprint density at radius 3 is 2.42 bits per heavy atom. The second-order valence-electron chi connectivity index (χ2n) is 7.67. The third-order valence-electron chi connectivity index (χ3n) is 4.47. The van der Waals surface area contributed by atoms with Crippen LogP contribution in [0, 0.1) is 0 Å². The molecule has 2 N–H and O–H groups in total. The molecule has 0 aliphatic carbocycles. The zero-order valence-corrected chi connectivity index (χ0v) is 15.9. The van der Waals surface area contributed by atoms with E-state index in [1.54, 1.807) is 23.1 Å². The quantitative estimate of drug-likeness (QED) is 0.642. The number of nitrogen functional groups attached to an aromatic ring is 1. The maximum atomic E-state index is 12.9. The van der Waals surface area contributed by atoms with Crippen molar-refractivity contribution in [2.24, 2.45) is 0 Å². The number of carbonyl (C=O) groups is 1. The van der Waals surface area contributed by atoms with E-state index in [1.165, 1.54) is 5.56 Å². The summed E-state index contributed by atoms with van der Waals surface area (Å²) in [6.45, 7) is 9.21. The first-order valence-electron chi connectivity index (χ1n) is 9.01. The molecule has 1 amide bonds. The molecule has 0 bridgehead atoms. The minimum atomic E-state index is -0.134. The van der Waals surface area contributed by atoms with Crippen molar-refractivity contribution >= 4 is 23.4 Å². The lowest BCUT2D eigenvalue weighted by Crippen LogP contribution is -2.37. The number of benzene rings is 2. The van der Waals surface area contributed by atoms with E-state index in [0.717, 1.165) is 17.7 Å². The number of hydrogen-bond donors (Lipinski definition) is 1. The van der Waals surface area contributed by atoms with Crippen molar-refractivity contribution in [3.05, 3.63) is 59.4 Å². The highest BCUT2D eigenvalue weighted by atomic mass is 16.5. The number of ether oxygens (including phenoxy) is 1. The molecule has 0 radical (unpaired) electrons. The number of carbonyl (C=O) groups excluding carboxylic acids is 1. The van der Waals surface area contributed by atoms with Crippen LogP contribution in [0.5, 0.6) is 5.75 Å². The number of nitrogens with two attached hydrogens (primary N) is 1. The first-order valence-corrected chi connectivity index (χ1v) is 9.01. The van der Waals surface area contributed by atoms with Gasteiger partial charge in [0.05, 0.1) is 5.69 Å². The van der Waals surface area contributed by atoms with Crippen LogP contribution in [0.2, 0.25) is 0 Å². The van der Waals surface area contributed by atoms with Crippen LogP contribution < -0.4 is 15.4 Å². The highest BCUT2D eigenvalue weighted by Gasteiger charge is 2.29. The summed E-state index contributed by atoms with van der Waals surface area (Å²) >= 11 is 0. The first-order chi connectivity index (χ1) is 12.3. The topological polar surface area (TPSA) is 55.6 Å². The predicted octanol–water partition coefficient (Wildman–Crippen LogP) is 4.74. The minimum Gasteiger partial charge on any atom is -0.449 e. The number of hydrogen-bond acceptors (Lipinski definition) is 3. The van der Waals surface area contributed by atoms with Crippen LogP contribution in [0.15, 0.2) is 48.2 Å². The Morgan fingerprint density at radius 2 is 1.81 bits per heavy atom. The molecule has 2 aromatic rings. The number of amides is 1. The molecule has 0 saturated carbocycles. The molecule has 4 heteroatoms. The zero-order chi connectivity index (χ0) is 18.9. The van der Waals surface area contributed by atoms with Crippen LogP contribution in [-0.2, 0) is 10.2 Å². The van der Waals surface area contributed by atoms with Gasteiger partial charge >= 0.3 is 0 Å². The van der Waals surface area contributed by atoms with Crippen LogP contribution >= 0.6 is 0 Å². The molecule has 4 nitrogen and oxygen atoms in total. The van der Waals surface area contributed by atoms with E-state index in [1.807, 2.05) is 25.1 Å². The third-order valence-corrected chi connectivity index (χ3v) is 4.47. The second-order valence-corrected chi connectivity index (χ2v) is 7.67. The van der Waals surface area contributed by atoms with Crippen molar-refractivity contribution in [3.63, 3.8) is 0 Å². The number of fused-ring (bicyclic) bond motifs is 1. The van der Waals surface area contributed by atoms with Gasteiger partial charge in [0.15, 0.2) is 11.5 Å². The molecule has 3 rings (SSSR count). The summed E-state index contributed by atoms with van der Waals surface area (Å²) in [7, 11) is 0. The summed E-state index contributed by atoms with van der Waals surface area (Å²) in [5, 5.41) is 0. The number of rotatable bonds is 3. The van der Waals surface area contributed by atoms with E-state index < -0.39 is 0 Å². The van der Waals surface area contributed by atoms with Crippen LogP contribution in [-0.4, -0.2) is 12.5 Å². The SMILES string of the molecule is CCCN1C(=O)/C(=C\c2ccc(C(C)(C)C)cc2)Oc2ccc(N)cc21. The summed E-state index contributed by atoms with van der Waals surface area (Å²) in [6.07, 6.45) is 2.66. The average molecular weight is 350 g/mol. The fourth-order valence-corrected chi connectivity index (χ4v) is 3.00. The van der Waals surface area contributed by atoms with Crippen molar-refractivity contribution in [3.8, 4) is 5.75 Å². The van der Waals surface area contributed by atoms with Crippen LogP contribution in [0.4, 0.5) is 11.4 Å². The molecule has 1 aliphatic rings. The summed E-state index contributed by atoms with van der Waals surface area (Å²) in [4.78, 5) is 14.7. The molecule has 0 spiro atoms. The molecule has 0 unspecified atom stereocenters. The molecular formula is C22H26N2O2. The normalized spacial score (nSPS) is 15.8. The fourth-order valence-electron chi connectivity index (χ4n) is 3.00. The lowest BCUT2D eigenvalue weighted by atomic mass is 9.87. The molecule has 136 valence electrons. The molecule has 0 fully saturated rings. The molecule has 1 heterocycles. The van der Waals surface area contributed by atoms with E-state index in [0.29, 0.717) is 23.7 Å². The van der Waals surface area contributed by atoms with E-state index >= 15 is 0 Å². The van der Waals surface area contributed by atoms with Crippen LogP contribution in [0.1, 0.15) is 45.2 Å². The maximum Gasteiger partial charge on any atom is 0.294 e. The zero-order valence-electron chi connectivity index (χ0n) is 15.9. The van der Waals surface area contributed by atoms with Crippen molar-refractivity contribution in [1.29, 1.82) is 0 Å². The van der Waals surface area contributed by atoms with Gasteiger partial charge in [0, 0.05) is 12.2 Å². The predicted molar refractivity (Wildman–Crippen MR) is 107 cm³/mol. The van der Waals surface area contributed by atoms with E-state index in [9.17, 15) is 4.79 Å². The molecule has 0 saturated heterocycles. The van der Waals surface area contributed by atoms with Gasteiger partial charge in [0.25, 0.3) is 5.91 Å². The van der Waals surface area contributed by atoms with E-state index in [-0.39, 0.29) is 11.3 Å². The van der Waals surface area contributed by atoms with Crippen LogP contribution in [0.25, 0.3) is 6.08 Å². The summed E-state index contributed by atoms with van der Waals surface area (Å²) in [5.41, 5.74) is 9.53. The Bertz CT molecular complexity index is 845. The molecule has 0 atom stereocenters. The van der Waals surface area contributed by atoms with Gasteiger partial charge in [-0.1, -0.05) is 52.0 Å². The highest BCUT2D eigenvalue weighted by Crippen LogP contribution is 2.37. The summed E-state index contributed by atoms with van der Waals surface area (Å²) < 4.78 is 5.89. The lowest BCUT2D eigenvalue weighted by molar-refractivity contribution is -0.117. The van der Waals surface area contributed by atoms with Gasteiger partial charge in [-0.05, 0) is 47.2 Å². The van der Waals surface area contributed by atoms with Gasteiger partial charge in [0.2, 0.25) is 0 Å². The van der Waals surface area contributed by atoms with Gasteiger partial charge in [-0.25, -0.2) is 0 Å². The Hall–Kier alpha value is -2.75. The second kappa shape index (κ2) is 6.87. The molecule has 26 heavy (non-hydrogen) atoms. The van der Waals surface area contributed by atoms with Gasteiger partial charge in [-0.2, -0.15) is 0 Å². The fraction of sp³-hybridized carbons (Fsp3) is 0.318. The monoisotopic (exact) mass is 350 g/mol. The lowest BCUT2D eigenvalue weighted by Gasteiger charge is -2.30. The van der Waals surface area contributed by atoms with E-state index in [4.69, 9.17) is 10.5 Å². The van der Waals surface area contributed by atoms with Crippen molar-refractivity contribution in [2.45, 2.75) is 39.5 Å². The van der Waals surface area contributed by atoms with Crippen molar-refractivity contribution in [2.75, 3.05) is 17.2 Å². The molecular weight excluding hydrogens is 324 g/mol. The Labute approximate surface area is 155 Å². The molecule has 1 aliphatic heterocycles. The highest BCUT2D eigenvalue weighted by molar-refractivity contribution is 6.10. The van der Waals surface area contributed by atoms with Crippen molar-refractivity contribution in [1.82, 2.24) is 0 Å². The summed E-state index contributed by atoms with van der Waals surface area (Å²) in [6, 6.07) is 13.6.